The minimum atomic E-state index is -4.94. The van der Waals surface area contributed by atoms with E-state index in [-0.39, 0.29) is 0 Å². The highest BCUT2D eigenvalue weighted by atomic mass is 35.7. The van der Waals surface area contributed by atoms with Gasteiger partial charge in [0.2, 0.25) is 0 Å². The zero-order valence-electron chi connectivity index (χ0n) is 19.1. The molecule has 34 heavy (non-hydrogen) atoms. The Bertz CT molecular complexity index is 1220. The van der Waals surface area contributed by atoms with Gasteiger partial charge in [-0.3, -0.25) is 0 Å². The largest absolute Gasteiger partial charge is 0.495 e. The molecule has 10 heteroatoms. The second-order valence-electron chi connectivity index (χ2n) is 7.14. The van der Waals surface area contributed by atoms with Gasteiger partial charge in [0, 0.05) is 7.05 Å². The van der Waals surface area contributed by atoms with E-state index in [1.54, 1.807) is 14.2 Å². The molecule has 0 spiro atoms. The number of fused-ring (bicyclic) bond motifs is 1. The van der Waals surface area contributed by atoms with Gasteiger partial charge < -0.3 is 14.4 Å². The minimum Gasteiger partial charge on any atom is -0.495 e. The molecule has 0 aromatic heterocycles. The Morgan fingerprint density at radius 1 is 0.765 bits per heavy atom. The molecule has 0 unspecified atom stereocenters. The molecule has 0 saturated heterocycles. The van der Waals surface area contributed by atoms with Crippen molar-refractivity contribution in [3.05, 3.63) is 83.9 Å². The Balaban J connectivity index is 0.000000588. The second kappa shape index (κ2) is 10.6. The molecule has 4 rings (SSSR count). The van der Waals surface area contributed by atoms with Crippen LogP contribution < -0.4 is 33.0 Å². The first-order valence-corrected chi connectivity index (χ1v) is 11.3. The summed E-state index contributed by atoms with van der Waals surface area (Å²) in [6.07, 6.45) is 0. The summed E-state index contributed by atoms with van der Waals surface area (Å²) in [7, 11) is 2.45. The summed E-state index contributed by atoms with van der Waals surface area (Å²) in [4.78, 5) is 7.10. The molecule has 9 nitrogen and oxygen atoms in total. The number of aliphatic imine (C=N–C) groups is 1. The molecule has 3 aromatic rings. The number of benzene rings is 3. The topological polar surface area (TPSA) is 129 Å². The quantitative estimate of drug-likeness (QED) is 0.458. The maximum atomic E-state index is 8.49. The lowest BCUT2D eigenvalue weighted by Gasteiger charge is -2.19. The van der Waals surface area contributed by atoms with Crippen molar-refractivity contribution >= 4 is 23.0 Å². The normalized spacial score (nSPS) is 13.8. The fourth-order valence-corrected chi connectivity index (χ4v) is 3.65. The number of nitrogens with zero attached hydrogens (tertiary/aromatic N) is 3. The molecule has 0 N–H and O–H groups in total. The maximum absolute atomic E-state index is 8.49. The number of hydrogen-bond acceptors (Lipinski definition) is 7. The first-order chi connectivity index (χ1) is 16.2. The molecule has 1 aliphatic heterocycles. The van der Waals surface area contributed by atoms with Crippen LogP contribution in [-0.4, -0.2) is 44.6 Å². The third-order valence-corrected chi connectivity index (χ3v) is 5.15. The van der Waals surface area contributed by atoms with Crippen molar-refractivity contribution in [3.8, 4) is 11.5 Å². The molecule has 1 aliphatic rings. The Kier molecular flexibility index (Phi) is 7.87. The molecule has 0 bridgehead atoms. The van der Waals surface area contributed by atoms with E-state index in [9.17, 15) is 0 Å². The van der Waals surface area contributed by atoms with Crippen molar-refractivity contribution in [2.45, 2.75) is 0 Å². The summed E-state index contributed by atoms with van der Waals surface area (Å²) in [6, 6.07) is 24.2. The predicted octanol–water partition coefficient (Wildman–Crippen LogP) is -0.435. The van der Waals surface area contributed by atoms with Crippen LogP contribution >= 0.6 is 0 Å². The standard InChI is InChI=1S/C24H24N3O2.ClHO4/c1-26(19-13-7-9-15-21(19)28-3)23-17-11-5-6-12-18(17)24(25-23)27(2)20-14-8-10-16-22(20)29-4;2-1(3,4)5/h5-16H,1-4H3;(H,2,3,4,5)/q+1;/p-1. The summed E-state index contributed by atoms with van der Waals surface area (Å²) in [5.74, 6) is 3.37. The first-order valence-electron chi connectivity index (χ1n) is 10.1. The number of methoxy groups -OCH3 is 2. The molecule has 178 valence electrons. The Hall–Kier alpha value is -3.47. The molecule has 0 radical (unpaired) electrons. The van der Waals surface area contributed by atoms with Crippen molar-refractivity contribution in [1.29, 1.82) is 0 Å². The number of ether oxygens (including phenoxy) is 2. The molecule has 0 aliphatic carbocycles. The van der Waals surface area contributed by atoms with Gasteiger partial charge in [0.15, 0.2) is 11.4 Å². The number of halogens is 1. The number of para-hydroxylation sites is 4. The van der Waals surface area contributed by atoms with E-state index < -0.39 is 10.2 Å². The summed E-state index contributed by atoms with van der Waals surface area (Å²) >= 11 is 0. The van der Waals surface area contributed by atoms with Crippen LogP contribution in [0, 0.1) is 10.2 Å². The van der Waals surface area contributed by atoms with Crippen LogP contribution in [-0.2, 0) is 0 Å². The van der Waals surface area contributed by atoms with Gasteiger partial charge in [-0.25, -0.2) is 23.2 Å². The first kappa shape index (κ1) is 25.2. The van der Waals surface area contributed by atoms with Crippen LogP contribution in [0.2, 0.25) is 0 Å². The van der Waals surface area contributed by atoms with E-state index in [2.05, 4.69) is 21.6 Å². The van der Waals surface area contributed by atoms with E-state index in [1.807, 2.05) is 74.8 Å². The molecule has 0 atom stereocenters. The van der Waals surface area contributed by atoms with Gasteiger partial charge in [0.05, 0.1) is 38.1 Å². The Morgan fingerprint density at radius 2 is 1.26 bits per heavy atom. The molecule has 0 saturated carbocycles. The summed E-state index contributed by atoms with van der Waals surface area (Å²) in [5, 5.41) is 0. The van der Waals surface area contributed by atoms with Crippen LogP contribution in [0.25, 0.3) is 0 Å². The molecular weight excluding hydrogens is 462 g/mol. The zero-order valence-corrected chi connectivity index (χ0v) is 19.9. The molecule has 3 aromatic carbocycles. The molecule has 1 heterocycles. The van der Waals surface area contributed by atoms with Gasteiger partial charge in [-0.15, -0.1) is 10.2 Å². The third-order valence-electron chi connectivity index (χ3n) is 5.15. The van der Waals surface area contributed by atoms with Crippen LogP contribution in [0.4, 0.5) is 11.4 Å². The van der Waals surface area contributed by atoms with Crippen LogP contribution in [0.15, 0.2) is 77.8 Å². The van der Waals surface area contributed by atoms with Crippen LogP contribution in [0.3, 0.4) is 0 Å². The van der Waals surface area contributed by atoms with Gasteiger partial charge in [-0.2, -0.15) is 0 Å². The predicted molar refractivity (Wildman–Crippen MR) is 117 cm³/mol. The van der Waals surface area contributed by atoms with Crippen molar-refractivity contribution < 1.29 is 42.9 Å². The fraction of sp³-hybridized carbons (Fsp3) is 0.167. The van der Waals surface area contributed by atoms with Crippen LogP contribution in [0.5, 0.6) is 11.5 Å². The molecular formula is C24H24ClN3O6. The van der Waals surface area contributed by atoms with Gasteiger partial charge in [0.1, 0.15) is 5.75 Å². The fourth-order valence-electron chi connectivity index (χ4n) is 3.65. The van der Waals surface area contributed by atoms with Crippen LogP contribution in [0.1, 0.15) is 11.1 Å². The number of rotatable bonds is 4. The van der Waals surface area contributed by atoms with Gasteiger partial charge >= 0.3 is 5.84 Å². The molecule has 0 fully saturated rings. The van der Waals surface area contributed by atoms with E-state index in [0.717, 1.165) is 45.7 Å². The monoisotopic (exact) mass is 485 g/mol. The van der Waals surface area contributed by atoms with Gasteiger partial charge in [0.25, 0.3) is 5.84 Å². The average Bonchev–Trinajstić information content (AvgIpc) is 3.21. The lowest BCUT2D eigenvalue weighted by Crippen LogP contribution is -2.68. The smallest absolute Gasteiger partial charge is 0.334 e. The number of amidine groups is 2. The minimum absolute atomic E-state index is 0.807. The van der Waals surface area contributed by atoms with Crippen molar-refractivity contribution in [1.82, 2.24) is 0 Å². The van der Waals surface area contributed by atoms with Gasteiger partial charge in [-0.1, -0.05) is 36.4 Å². The average molecular weight is 486 g/mol. The third kappa shape index (κ3) is 5.71. The van der Waals surface area contributed by atoms with Crippen molar-refractivity contribution in [2.24, 2.45) is 4.99 Å². The number of anilines is 1. The van der Waals surface area contributed by atoms with Gasteiger partial charge in [-0.05, 0) is 41.4 Å². The highest BCUT2D eigenvalue weighted by Gasteiger charge is 2.35. The summed E-state index contributed by atoms with van der Waals surface area (Å²) < 4.78 is 47.2. The van der Waals surface area contributed by atoms with E-state index >= 15 is 0 Å². The lowest BCUT2D eigenvalue weighted by atomic mass is 10.1. The highest BCUT2D eigenvalue weighted by Crippen LogP contribution is 2.32. The molecule has 0 amide bonds. The van der Waals surface area contributed by atoms with E-state index in [4.69, 9.17) is 33.1 Å². The lowest BCUT2D eigenvalue weighted by molar-refractivity contribution is -2.00. The highest BCUT2D eigenvalue weighted by molar-refractivity contribution is 6.25. The second-order valence-corrected chi connectivity index (χ2v) is 7.90. The van der Waals surface area contributed by atoms with Crippen molar-refractivity contribution in [2.75, 3.05) is 33.2 Å². The SMILES string of the molecule is COc1ccccc1N(C)C1=NC(=[N+](C)c2ccccc2OC)c2ccccc21.[O-][Cl+3]([O-])([O-])[O-]. The summed E-state index contributed by atoms with van der Waals surface area (Å²) in [5.41, 5.74) is 4.09. The van der Waals surface area contributed by atoms with Crippen molar-refractivity contribution in [3.63, 3.8) is 0 Å². The summed E-state index contributed by atoms with van der Waals surface area (Å²) in [6.45, 7) is 0. The van der Waals surface area contributed by atoms with E-state index in [1.165, 1.54) is 0 Å². The zero-order chi connectivity index (χ0) is 24.9. The Labute approximate surface area is 199 Å². The number of hydrogen-bond donors (Lipinski definition) is 0. The maximum Gasteiger partial charge on any atom is 0.334 e. The Morgan fingerprint density at radius 3 is 1.88 bits per heavy atom. The van der Waals surface area contributed by atoms with E-state index in [0.29, 0.717) is 0 Å².